The summed E-state index contributed by atoms with van der Waals surface area (Å²) in [6, 6.07) is 2.54. The number of hydrogen-bond donors (Lipinski definition) is 0. The summed E-state index contributed by atoms with van der Waals surface area (Å²) < 4.78 is 14.2. The standard InChI is InChI=1S/C10H8FN3O/c1-14-5-9(13-6-14)10(15)8-3-2-7(11)4-12-8/h2-6H,1H3. The van der Waals surface area contributed by atoms with Crippen LogP contribution in [-0.4, -0.2) is 20.3 Å². The van der Waals surface area contributed by atoms with E-state index < -0.39 is 5.82 Å². The summed E-state index contributed by atoms with van der Waals surface area (Å²) >= 11 is 0. The molecular weight excluding hydrogens is 197 g/mol. The number of carbonyl (C=O) groups excluding carboxylic acids is 1. The first-order valence-electron chi connectivity index (χ1n) is 4.31. The number of aromatic nitrogens is 3. The van der Waals surface area contributed by atoms with Crippen LogP contribution in [-0.2, 0) is 7.05 Å². The van der Waals surface area contributed by atoms with Gasteiger partial charge in [0.15, 0.2) is 0 Å². The minimum Gasteiger partial charge on any atom is -0.340 e. The number of imidazole rings is 1. The highest BCUT2D eigenvalue weighted by atomic mass is 19.1. The molecule has 76 valence electrons. The molecule has 0 saturated heterocycles. The Hall–Kier alpha value is -2.04. The van der Waals surface area contributed by atoms with E-state index in [1.165, 1.54) is 18.5 Å². The fourth-order valence-electron chi connectivity index (χ4n) is 1.17. The first kappa shape index (κ1) is 9.51. The molecule has 15 heavy (non-hydrogen) atoms. The Kier molecular flexibility index (Phi) is 2.29. The normalized spacial score (nSPS) is 10.3. The van der Waals surface area contributed by atoms with E-state index in [9.17, 15) is 9.18 Å². The summed E-state index contributed by atoms with van der Waals surface area (Å²) in [5.41, 5.74) is 0.492. The molecule has 2 aromatic rings. The fraction of sp³-hybridized carbons (Fsp3) is 0.100. The Morgan fingerprint density at radius 1 is 1.33 bits per heavy atom. The van der Waals surface area contributed by atoms with Gasteiger partial charge in [-0.1, -0.05) is 0 Å². The molecule has 0 aromatic carbocycles. The van der Waals surface area contributed by atoms with Crippen molar-refractivity contribution in [2.45, 2.75) is 0 Å². The largest absolute Gasteiger partial charge is 0.340 e. The van der Waals surface area contributed by atoms with E-state index >= 15 is 0 Å². The van der Waals surface area contributed by atoms with Crippen LogP contribution in [0.1, 0.15) is 16.2 Å². The first-order chi connectivity index (χ1) is 7.16. The highest BCUT2D eigenvalue weighted by molar-refractivity contribution is 6.06. The van der Waals surface area contributed by atoms with Gasteiger partial charge in [-0.25, -0.2) is 14.4 Å². The maximum atomic E-state index is 12.6. The second kappa shape index (κ2) is 3.61. The van der Waals surface area contributed by atoms with Crippen LogP contribution in [0.5, 0.6) is 0 Å². The Labute approximate surface area is 85.4 Å². The lowest BCUT2D eigenvalue weighted by molar-refractivity contribution is 0.103. The second-order valence-electron chi connectivity index (χ2n) is 3.12. The lowest BCUT2D eigenvalue weighted by Gasteiger charge is -1.95. The predicted octanol–water partition coefficient (Wildman–Crippen LogP) is 1.19. The van der Waals surface area contributed by atoms with Gasteiger partial charge in [-0.05, 0) is 12.1 Å². The Morgan fingerprint density at radius 3 is 2.67 bits per heavy atom. The van der Waals surface area contributed by atoms with Gasteiger partial charge in [-0.15, -0.1) is 0 Å². The van der Waals surface area contributed by atoms with Crippen LogP contribution >= 0.6 is 0 Å². The second-order valence-corrected chi connectivity index (χ2v) is 3.12. The third-order valence-corrected chi connectivity index (χ3v) is 1.90. The molecule has 0 saturated carbocycles. The molecule has 0 unspecified atom stereocenters. The number of rotatable bonds is 2. The zero-order chi connectivity index (χ0) is 10.8. The van der Waals surface area contributed by atoms with Crippen LogP contribution in [0.2, 0.25) is 0 Å². The van der Waals surface area contributed by atoms with Gasteiger partial charge in [0, 0.05) is 13.2 Å². The van der Waals surface area contributed by atoms with Gasteiger partial charge in [-0.3, -0.25) is 4.79 Å². The minimum absolute atomic E-state index is 0.190. The van der Waals surface area contributed by atoms with Gasteiger partial charge >= 0.3 is 0 Å². The highest BCUT2D eigenvalue weighted by Crippen LogP contribution is 2.05. The number of hydrogen-bond acceptors (Lipinski definition) is 3. The molecule has 2 rings (SSSR count). The molecule has 0 atom stereocenters. The van der Waals surface area contributed by atoms with Crippen molar-refractivity contribution in [3.8, 4) is 0 Å². The SMILES string of the molecule is Cn1cnc(C(=O)c2ccc(F)cn2)c1. The maximum Gasteiger partial charge on any atom is 0.231 e. The average molecular weight is 205 g/mol. The number of carbonyl (C=O) groups is 1. The van der Waals surface area contributed by atoms with Crippen molar-refractivity contribution < 1.29 is 9.18 Å². The number of aryl methyl sites for hydroxylation is 1. The lowest BCUT2D eigenvalue weighted by Crippen LogP contribution is -2.04. The molecular formula is C10H8FN3O. The van der Waals surface area contributed by atoms with Gasteiger partial charge in [-0.2, -0.15) is 0 Å². The van der Waals surface area contributed by atoms with Crippen LogP contribution in [0.25, 0.3) is 0 Å². The Morgan fingerprint density at radius 2 is 2.13 bits per heavy atom. The van der Waals surface area contributed by atoms with Crippen LogP contribution in [0.4, 0.5) is 4.39 Å². The van der Waals surface area contributed by atoms with Gasteiger partial charge in [0.05, 0.1) is 12.5 Å². The zero-order valence-corrected chi connectivity index (χ0v) is 8.01. The van der Waals surface area contributed by atoms with Gasteiger partial charge < -0.3 is 4.57 Å². The van der Waals surface area contributed by atoms with Crippen molar-refractivity contribution in [2.75, 3.05) is 0 Å². The Balaban J connectivity index is 2.32. The van der Waals surface area contributed by atoms with Crippen LogP contribution in [0.15, 0.2) is 30.9 Å². The summed E-state index contributed by atoms with van der Waals surface area (Å²) in [4.78, 5) is 19.3. The predicted molar refractivity (Wildman–Crippen MR) is 50.8 cm³/mol. The Bertz CT molecular complexity index is 490. The van der Waals surface area contributed by atoms with Crippen molar-refractivity contribution in [3.63, 3.8) is 0 Å². The van der Waals surface area contributed by atoms with Crippen molar-refractivity contribution in [3.05, 3.63) is 48.1 Å². The summed E-state index contributed by atoms with van der Waals surface area (Å²) in [5, 5.41) is 0. The smallest absolute Gasteiger partial charge is 0.231 e. The molecule has 0 bridgehead atoms. The van der Waals surface area contributed by atoms with Crippen molar-refractivity contribution in [1.29, 1.82) is 0 Å². The molecule has 0 aliphatic heterocycles. The maximum absolute atomic E-state index is 12.6. The van der Waals surface area contributed by atoms with E-state index in [-0.39, 0.29) is 11.5 Å². The number of pyridine rings is 1. The van der Waals surface area contributed by atoms with Gasteiger partial charge in [0.2, 0.25) is 5.78 Å². The molecule has 0 aliphatic carbocycles. The summed E-state index contributed by atoms with van der Waals surface area (Å²) in [5.74, 6) is -0.775. The van der Waals surface area contributed by atoms with E-state index in [0.29, 0.717) is 5.69 Å². The van der Waals surface area contributed by atoms with Crippen molar-refractivity contribution >= 4 is 5.78 Å². The molecule has 0 N–H and O–H groups in total. The van der Waals surface area contributed by atoms with Gasteiger partial charge in [0.1, 0.15) is 17.2 Å². The van der Waals surface area contributed by atoms with Gasteiger partial charge in [0.25, 0.3) is 0 Å². The molecule has 5 heteroatoms. The van der Waals surface area contributed by atoms with Crippen LogP contribution < -0.4 is 0 Å². The van der Waals surface area contributed by atoms with E-state index in [0.717, 1.165) is 6.20 Å². The van der Waals surface area contributed by atoms with E-state index in [4.69, 9.17) is 0 Å². The third kappa shape index (κ3) is 1.90. The van der Waals surface area contributed by atoms with Crippen molar-refractivity contribution in [2.24, 2.45) is 7.05 Å². The van der Waals surface area contributed by atoms with E-state index in [2.05, 4.69) is 9.97 Å². The minimum atomic E-state index is -0.465. The lowest BCUT2D eigenvalue weighted by atomic mass is 10.2. The molecule has 0 fully saturated rings. The molecule has 0 radical (unpaired) electrons. The molecule has 2 heterocycles. The summed E-state index contributed by atoms with van der Waals surface area (Å²) in [7, 11) is 1.77. The number of halogens is 1. The number of ketones is 1. The van der Waals surface area contributed by atoms with E-state index in [1.54, 1.807) is 17.8 Å². The molecule has 0 aliphatic rings. The topological polar surface area (TPSA) is 47.8 Å². The highest BCUT2D eigenvalue weighted by Gasteiger charge is 2.12. The molecule has 4 nitrogen and oxygen atoms in total. The average Bonchev–Trinajstić information content (AvgIpc) is 2.65. The monoisotopic (exact) mass is 205 g/mol. The third-order valence-electron chi connectivity index (χ3n) is 1.90. The molecule has 2 aromatic heterocycles. The summed E-state index contributed by atoms with van der Waals surface area (Å²) in [6.07, 6.45) is 4.13. The first-order valence-corrected chi connectivity index (χ1v) is 4.31. The fourth-order valence-corrected chi connectivity index (χ4v) is 1.17. The summed E-state index contributed by atoms with van der Waals surface area (Å²) in [6.45, 7) is 0. The molecule has 0 amide bonds. The zero-order valence-electron chi connectivity index (χ0n) is 8.01. The van der Waals surface area contributed by atoms with E-state index in [1.807, 2.05) is 0 Å². The molecule has 0 spiro atoms. The quantitative estimate of drug-likeness (QED) is 0.692. The number of nitrogens with zero attached hydrogens (tertiary/aromatic N) is 3. The van der Waals surface area contributed by atoms with Crippen LogP contribution in [0, 0.1) is 5.82 Å². The van der Waals surface area contributed by atoms with Crippen LogP contribution in [0.3, 0.4) is 0 Å². The van der Waals surface area contributed by atoms with Crippen molar-refractivity contribution in [1.82, 2.24) is 14.5 Å².